The molecule has 2 aromatic carbocycles. The van der Waals surface area contributed by atoms with Gasteiger partial charge in [0.1, 0.15) is 0 Å². The number of rotatable bonds is 7. The van der Waals surface area contributed by atoms with Gasteiger partial charge in [0.15, 0.2) is 7.11 Å². The number of nitrogens with zero attached hydrogens (tertiary/aromatic N) is 1. The van der Waals surface area contributed by atoms with E-state index >= 15 is 0 Å². The SMILES string of the molecule is CO[N+](=O)c1ccc(S(=O)(=O)OC2OC(=O)NC2Cc2ccccc2)cc1. The van der Waals surface area contributed by atoms with Crippen LogP contribution < -0.4 is 5.32 Å². The third-order valence-electron chi connectivity index (χ3n) is 3.88. The Kier molecular flexibility index (Phi) is 5.38. The molecule has 1 saturated heterocycles. The first-order valence-corrected chi connectivity index (χ1v) is 9.35. The molecule has 1 aliphatic heterocycles. The van der Waals surface area contributed by atoms with Crippen LogP contribution in [-0.2, 0) is 30.3 Å². The zero-order chi connectivity index (χ0) is 19.4. The number of benzene rings is 2. The van der Waals surface area contributed by atoms with E-state index in [1.165, 1.54) is 31.4 Å². The highest BCUT2D eigenvalue weighted by atomic mass is 32.2. The summed E-state index contributed by atoms with van der Waals surface area (Å²) in [6.45, 7) is 0. The molecule has 2 atom stereocenters. The van der Waals surface area contributed by atoms with Gasteiger partial charge in [-0.3, -0.25) is 0 Å². The maximum Gasteiger partial charge on any atom is 0.410 e. The van der Waals surface area contributed by atoms with Crippen LogP contribution in [0.15, 0.2) is 59.5 Å². The van der Waals surface area contributed by atoms with Crippen molar-refractivity contribution >= 4 is 21.9 Å². The Morgan fingerprint density at radius 2 is 1.78 bits per heavy atom. The molecule has 1 amide bonds. The summed E-state index contributed by atoms with van der Waals surface area (Å²) in [5.74, 6) is 0. The Morgan fingerprint density at radius 3 is 2.41 bits per heavy atom. The first kappa shape index (κ1) is 18.8. The average molecular weight is 393 g/mol. The second-order valence-corrected chi connectivity index (χ2v) is 7.27. The standard InChI is InChI=1S/C17H16N2O7S/c1-24-19(21)13-7-9-14(10-8-13)27(22,23)26-16-15(18-17(20)25-16)11-12-5-3-2-4-6-12/h2-10,15-16H,11H2,1H3/p+1. The number of alkyl carbamates (subject to hydrolysis) is 1. The van der Waals surface area contributed by atoms with Crippen molar-refractivity contribution in [3.05, 3.63) is 65.1 Å². The molecule has 0 aliphatic carbocycles. The Hall–Kier alpha value is -2.98. The lowest BCUT2D eigenvalue weighted by atomic mass is 10.1. The summed E-state index contributed by atoms with van der Waals surface area (Å²) in [6.07, 6.45) is -1.73. The van der Waals surface area contributed by atoms with Crippen molar-refractivity contribution in [3.8, 4) is 0 Å². The van der Waals surface area contributed by atoms with Crippen LogP contribution in [0.2, 0.25) is 0 Å². The molecule has 3 rings (SSSR count). The van der Waals surface area contributed by atoms with Crippen molar-refractivity contribution in [2.45, 2.75) is 23.6 Å². The van der Waals surface area contributed by atoms with E-state index in [0.717, 1.165) is 5.56 Å². The first-order chi connectivity index (χ1) is 12.9. The quantitative estimate of drug-likeness (QED) is 0.566. The molecular weight excluding hydrogens is 376 g/mol. The molecule has 0 spiro atoms. The van der Waals surface area contributed by atoms with Gasteiger partial charge in [-0.05, 0) is 24.1 Å². The minimum absolute atomic E-state index is 0.118. The molecule has 10 heteroatoms. The second-order valence-electron chi connectivity index (χ2n) is 5.70. The molecule has 142 valence electrons. The van der Waals surface area contributed by atoms with Crippen molar-refractivity contribution in [2.24, 2.45) is 0 Å². The average Bonchev–Trinajstić information content (AvgIpc) is 3.00. The predicted octanol–water partition coefficient (Wildman–Crippen LogP) is 2.04. The summed E-state index contributed by atoms with van der Waals surface area (Å²) >= 11 is 0. The summed E-state index contributed by atoms with van der Waals surface area (Å²) in [5.41, 5.74) is 1.01. The minimum Gasteiger partial charge on any atom is -0.416 e. The number of ether oxygens (including phenoxy) is 1. The lowest BCUT2D eigenvalue weighted by molar-refractivity contribution is -0.736. The topological polar surface area (TPSA) is 111 Å². The first-order valence-electron chi connectivity index (χ1n) is 7.95. The molecule has 1 fully saturated rings. The van der Waals surface area contributed by atoms with E-state index < -0.39 is 28.5 Å². The van der Waals surface area contributed by atoms with Gasteiger partial charge in [0.25, 0.3) is 15.0 Å². The molecule has 0 radical (unpaired) electrons. The van der Waals surface area contributed by atoms with Crippen LogP contribution in [-0.4, -0.2) is 38.9 Å². The zero-order valence-electron chi connectivity index (χ0n) is 14.3. The molecule has 2 aromatic rings. The van der Waals surface area contributed by atoms with Gasteiger partial charge in [0.05, 0.1) is 15.8 Å². The van der Waals surface area contributed by atoms with Gasteiger partial charge in [-0.1, -0.05) is 30.3 Å². The van der Waals surface area contributed by atoms with E-state index in [9.17, 15) is 18.1 Å². The van der Waals surface area contributed by atoms with Crippen LogP contribution in [0.1, 0.15) is 5.56 Å². The van der Waals surface area contributed by atoms with Crippen molar-refractivity contribution < 1.29 is 31.9 Å². The number of carbonyl (C=O) groups excluding carboxylic acids is 1. The van der Waals surface area contributed by atoms with Crippen molar-refractivity contribution in [1.29, 1.82) is 0 Å². The van der Waals surface area contributed by atoms with Crippen LogP contribution in [0.5, 0.6) is 0 Å². The number of carbonyl (C=O) groups is 1. The lowest BCUT2D eigenvalue weighted by Gasteiger charge is -2.17. The Morgan fingerprint density at radius 1 is 1.11 bits per heavy atom. The predicted molar refractivity (Wildman–Crippen MR) is 92.3 cm³/mol. The second kappa shape index (κ2) is 7.72. The summed E-state index contributed by atoms with van der Waals surface area (Å²) in [4.78, 5) is 27.5. The molecule has 27 heavy (non-hydrogen) atoms. The van der Waals surface area contributed by atoms with Gasteiger partial charge >= 0.3 is 11.8 Å². The number of nitrogens with one attached hydrogen (secondary N) is 1. The molecule has 0 aromatic heterocycles. The number of hydrogen-bond donors (Lipinski definition) is 1. The van der Waals surface area contributed by atoms with E-state index in [4.69, 9.17) is 8.92 Å². The molecule has 9 nitrogen and oxygen atoms in total. The largest absolute Gasteiger partial charge is 0.416 e. The molecule has 0 saturated carbocycles. The van der Waals surface area contributed by atoms with Crippen molar-refractivity contribution in [1.82, 2.24) is 5.32 Å². The molecule has 2 unspecified atom stereocenters. The van der Waals surface area contributed by atoms with Gasteiger partial charge in [-0.2, -0.15) is 8.42 Å². The molecule has 1 heterocycles. The fraction of sp³-hybridized carbons (Fsp3) is 0.235. The molecule has 1 aliphatic rings. The van der Waals surface area contributed by atoms with E-state index in [-0.39, 0.29) is 15.5 Å². The summed E-state index contributed by atoms with van der Waals surface area (Å²) in [6, 6.07) is 13.5. The number of amides is 1. The van der Waals surface area contributed by atoms with Crippen LogP contribution in [0.4, 0.5) is 10.5 Å². The van der Waals surface area contributed by atoms with Crippen LogP contribution >= 0.6 is 0 Å². The monoisotopic (exact) mass is 393 g/mol. The van der Waals surface area contributed by atoms with E-state index in [2.05, 4.69) is 10.2 Å². The molecule has 1 N–H and O–H groups in total. The third kappa shape index (κ3) is 4.41. The summed E-state index contributed by atoms with van der Waals surface area (Å²) in [5, 5.41) is 2.54. The highest BCUT2D eigenvalue weighted by molar-refractivity contribution is 7.86. The van der Waals surface area contributed by atoms with Gasteiger partial charge in [0, 0.05) is 12.1 Å². The van der Waals surface area contributed by atoms with Gasteiger partial charge < -0.3 is 10.1 Å². The Balaban J connectivity index is 1.75. The van der Waals surface area contributed by atoms with E-state index in [1.807, 2.05) is 30.3 Å². The van der Waals surface area contributed by atoms with Crippen molar-refractivity contribution in [3.63, 3.8) is 0 Å². The van der Waals surface area contributed by atoms with Crippen LogP contribution in [0.3, 0.4) is 0 Å². The summed E-state index contributed by atoms with van der Waals surface area (Å²) in [7, 11) is -3.03. The van der Waals surface area contributed by atoms with E-state index in [0.29, 0.717) is 6.42 Å². The smallest absolute Gasteiger partial charge is 0.410 e. The fourth-order valence-electron chi connectivity index (χ4n) is 2.56. The normalized spacial score (nSPS) is 19.2. The third-order valence-corrected chi connectivity index (χ3v) is 5.17. The van der Waals surface area contributed by atoms with Gasteiger partial charge in [-0.25, -0.2) is 13.8 Å². The minimum atomic E-state index is -4.22. The van der Waals surface area contributed by atoms with Crippen LogP contribution in [0.25, 0.3) is 0 Å². The highest BCUT2D eigenvalue weighted by Gasteiger charge is 2.39. The number of hydrogen-bond acceptors (Lipinski definition) is 7. The molecule has 0 bridgehead atoms. The maximum atomic E-state index is 12.5. The maximum absolute atomic E-state index is 12.5. The number of cyclic esters (lactones) is 1. The van der Waals surface area contributed by atoms with Crippen LogP contribution in [0, 0.1) is 4.91 Å². The van der Waals surface area contributed by atoms with E-state index in [1.54, 1.807) is 0 Å². The fourth-order valence-corrected chi connectivity index (χ4v) is 3.57. The Bertz CT molecular complexity index is 930. The zero-order valence-corrected chi connectivity index (χ0v) is 15.1. The summed E-state index contributed by atoms with van der Waals surface area (Å²) < 4.78 is 35.0. The Labute approximate surface area is 155 Å². The lowest BCUT2D eigenvalue weighted by Crippen LogP contribution is -2.36. The van der Waals surface area contributed by atoms with Crippen molar-refractivity contribution in [2.75, 3.05) is 7.11 Å². The van der Waals surface area contributed by atoms with Gasteiger partial charge in [0.2, 0.25) is 6.29 Å². The van der Waals surface area contributed by atoms with Gasteiger partial charge in [-0.15, -0.1) is 0 Å². The highest BCUT2D eigenvalue weighted by Crippen LogP contribution is 2.23. The molecular formula is C17H17N2O7S+.